The first-order valence-electron chi connectivity index (χ1n) is 6.52. The third-order valence-corrected chi connectivity index (χ3v) is 3.73. The smallest absolute Gasteiger partial charge is 0.322 e. The molecule has 0 fully saturated rings. The van der Waals surface area contributed by atoms with Gasteiger partial charge >= 0.3 is 6.01 Å². The summed E-state index contributed by atoms with van der Waals surface area (Å²) in [5, 5.41) is 14.4. The lowest BCUT2D eigenvalue weighted by Gasteiger charge is -2.00. The zero-order valence-corrected chi connectivity index (χ0v) is 12.6. The van der Waals surface area contributed by atoms with Gasteiger partial charge < -0.3 is 4.42 Å². The first-order chi connectivity index (χ1) is 10.7. The second-order valence-corrected chi connectivity index (χ2v) is 5.49. The Morgan fingerprint density at radius 3 is 2.82 bits per heavy atom. The number of aromatic nitrogens is 4. The van der Waals surface area contributed by atoms with Crippen LogP contribution in [0.2, 0.25) is 0 Å². The molecule has 1 N–H and O–H groups in total. The molecule has 3 aromatic rings. The number of carbonyl (C=O) groups is 1. The molecule has 0 aliphatic rings. The van der Waals surface area contributed by atoms with Crippen molar-refractivity contribution in [2.24, 2.45) is 7.05 Å². The predicted octanol–water partition coefficient (Wildman–Crippen LogP) is 2.20. The molecule has 7 nitrogen and oxygen atoms in total. The zero-order chi connectivity index (χ0) is 15.4. The van der Waals surface area contributed by atoms with Crippen LogP contribution in [0.15, 0.2) is 51.9 Å². The van der Waals surface area contributed by atoms with Gasteiger partial charge in [-0.2, -0.15) is 5.10 Å². The molecule has 1 aromatic carbocycles. The Morgan fingerprint density at radius 1 is 1.27 bits per heavy atom. The fourth-order valence-corrected chi connectivity index (χ4v) is 2.45. The molecule has 0 aliphatic heterocycles. The van der Waals surface area contributed by atoms with Crippen LogP contribution in [0, 0.1) is 0 Å². The normalized spacial score (nSPS) is 10.6. The van der Waals surface area contributed by atoms with Crippen molar-refractivity contribution in [2.75, 3.05) is 11.1 Å². The lowest BCUT2D eigenvalue weighted by atomic mass is 10.4. The predicted molar refractivity (Wildman–Crippen MR) is 82.3 cm³/mol. The molecular formula is C14H13N5O2S. The van der Waals surface area contributed by atoms with Crippen LogP contribution >= 0.6 is 11.8 Å². The van der Waals surface area contributed by atoms with Gasteiger partial charge in [-0.1, -0.05) is 23.3 Å². The van der Waals surface area contributed by atoms with E-state index in [4.69, 9.17) is 4.42 Å². The van der Waals surface area contributed by atoms with Crippen molar-refractivity contribution in [2.45, 2.75) is 4.90 Å². The number of anilines is 1. The maximum Gasteiger partial charge on any atom is 0.322 e. The number of amides is 1. The Balaban J connectivity index is 1.57. The molecule has 0 spiro atoms. The number of carbonyl (C=O) groups excluding carboxylic acids is 1. The molecule has 0 atom stereocenters. The highest BCUT2D eigenvalue weighted by atomic mass is 32.2. The molecule has 0 bridgehead atoms. The van der Waals surface area contributed by atoms with Crippen LogP contribution in [0.1, 0.15) is 0 Å². The van der Waals surface area contributed by atoms with Crippen LogP contribution in [0.5, 0.6) is 0 Å². The highest BCUT2D eigenvalue weighted by molar-refractivity contribution is 8.00. The number of hydrogen-bond acceptors (Lipinski definition) is 6. The average molecular weight is 315 g/mol. The zero-order valence-electron chi connectivity index (χ0n) is 11.8. The Bertz CT molecular complexity index is 768. The molecule has 2 heterocycles. The fraction of sp³-hybridized carbons (Fsp3) is 0.143. The number of nitrogens with zero attached hydrogens (tertiary/aromatic N) is 4. The number of aryl methyl sites for hydroxylation is 1. The first kappa shape index (κ1) is 14.3. The molecule has 0 saturated heterocycles. The Morgan fingerprint density at radius 2 is 2.09 bits per heavy atom. The van der Waals surface area contributed by atoms with Gasteiger partial charge in [-0.05, 0) is 18.2 Å². The monoisotopic (exact) mass is 315 g/mol. The van der Waals surface area contributed by atoms with E-state index < -0.39 is 0 Å². The number of thioether (sulfide) groups is 1. The van der Waals surface area contributed by atoms with E-state index in [0.717, 1.165) is 4.90 Å². The maximum absolute atomic E-state index is 11.9. The molecule has 0 radical (unpaired) electrons. The fourth-order valence-electron chi connectivity index (χ4n) is 1.73. The third-order valence-electron chi connectivity index (χ3n) is 2.72. The summed E-state index contributed by atoms with van der Waals surface area (Å²) < 4.78 is 7.00. The maximum atomic E-state index is 11.9. The van der Waals surface area contributed by atoms with Gasteiger partial charge in [-0.25, -0.2) is 0 Å². The van der Waals surface area contributed by atoms with E-state index in [0.29, 0.717) is 5.69 Å². The van der Waals surface area contributed by atoms with E-state index in [-0.39, 0.29) is 23.6 Å². The van der Waals surface area contributed by atoms with Crippen molar-refractivity contribution in [1.29, 1.82) is 0 Å². The molecule has 112 valence electrons. The lowest BCUT2D eigenvalue weighted by Crippen LogP contribution is -2.14. The molecular weight excluding hydrogens is 302 g/mol. The first-order valence-corrected chi connectivity index (χ1v) is 7.50. The largest absolute Gasteiger partial charge is 0.401 e. The van der Waals surface area contributed by atoms with Crippen molar-refractivity contribution in [3.8, 4) is 11.6 Å². The molecule has 1 amide bonds. The van der Waals surface area contributed by atoms with Crippen LogP contribution in [0.4, 0.5) is 6.01 Å². The second-order valence-electron chi connectivity index (χ2n) is 4.44. The van der Waals surface area contributed by atoms with Crippen molar-refractivity contribution in [1.82, 2.24) is 20.0 Å². The van der Waals surface area contributed by atoms with Gasteiger partial charge in [0.2, 0.25) is 5.91 Å². The average Bonchev–Trinajstić information content (AvgIpc) is 3.15. The highest BCUT2D eigenvalue weighted by Gasteiger charge is 2.13. The molecule has 2 aromatic heterocycles. The van der Waals surface area contributed by atoms with E-state index in [2.05, 4.69) is 20.6 Å². The van der Waals surface area contributed by atoms with E-state index in [1.54, 1.807) is 24.0 Å². The minimum Gasteiger partial charge on any atom is -0.401 e. The van der Waals surface area contributed by atoms with Crippen LogP contribution in [0.25, 0.3) is 11.6 Å². The second kappa shape index (κ2) is 6.44. The SMILES string of the molecule is Cn1ccc(-c2nnc(NC(=O)CSc3ccccc3)o2)n1. The summed E-state index contributed by atoms with van der Waals surface area (Å²) in [7, 11) is 1.80. The van der Waals surface area contributed by atoms with Gasteiger partial charge in [0.15, 0.2) is 0 Å². The minimum absolute atomic E-state index is 0.0688. The highest BCUT2D eigenvalue weighted by Crippen LogP contribution is 2.19. The van der Waals surface area contributed by atoms with Gasteiger partial charge in [0.25, 0.3) is 5.89 Å². The van der Waals surface area contributed by atoms with Crippen molar-refractivity contribution in [3.05, 3.63) is 42.6 Å². The topological polar surface area (TPSA) is 85.8 Å². The molecule has 8 heteroatoms. The summed E-state index contributed by atoms with van der Waals surface area (Å²) >= 11 is 1.44. The lowest BCUT2D eigenvalue weighted by molar-refractivity contribution is -0.113. The summed E-state index contributed by atoms with van der Waals surface area (Å²) in [6, 6.07) is 11.5. The summed E-state index contributed by atoms with van der Waals surface area (Å²) in [5.41, 5.74) is 0.564. The van der Waals surface area contributed by atoms with Gasteiger partial charge in [-0.3, -0.25) is 14.8 Å². The van der Waals surface area contributed by atoms with Crippen LogP contribution in [-0.4, -0.2) is 31.6 Å². The van der Waals surface area contributed by atoms with E-state index in [1.807, 2.05) is 30.3 Å². The van der Waals surface area contributed by atoms with E-state index >= 15 is 0 Å². The minimum atomic E-state index is -0.204. The van der Waals surface area contributed by atoms with Gasteiger partial charge in [0.05, 0.1) is 5.75 Å². The molecule has 0 saturated carbocycles. The third kappa shape index (κ3) is 3.53. The van der Waals surface area contributed by atoms with Crippen molar-refractivity contribution < 1.29 is 9.21 Å². The molecule has 0 unspecified atom stereocenters. The summed E-state index contributed by atoms with van der Waals surface area (Å²) in [5.74, 6) is 0.336. The summed E-state index contributed by atoms with van der Waals surface area (Å²) in [4.78, 5) is 12.9. The summed E-state index contributed by atoms with van der Waals surface area (Å²) in [6.07, 6.45) is 1.77. The van der Waals surface area contributed by atoms with Crippen molar-refractivity contribution in [3.63, 3.8) is 0 Å². The number of rotatable bonds is 5. The van der Waals surface area contributed by atoms with E-state index in [9.17, 15) is 4.79 Å². The number of hydrogen-bond donors (Lipinski definition) is 1. The van der Waals surface area contributed by atoms with Gasteiger partial charge in [-0.15, -0.1) is 16.9 Å². The van der Waals surface area contributed by atoms with Crippen molar-refractivity contribution >= 4 is 23.7 Å². The Kier molecular flexibility index (Phi) is 4.19. The van der Waals surface area contributed by atoms with Crippen LogP contribution in [-0.2, 0) is 11.8 Å². The molecule has 22 heavy (non-hydrogen) atoms. The van der Waals surface area contributed by atoms with Crippen LogP contribution < -0.4 is 5.32 Å². The van der Waals surface area contributed by atoms with Gasteiger partial charge in [0, 0.05) is 18.1 Å². The Hall–Kier alpha value is -2.61. The Labute approximate surface area is 130 Å². The van der Waals surface area contributed by atoms with E-state index in [1.165, 1.54) is 11.8 Å². The number of nitrogens with one attached hydrogen (secondary N) is 1. The molecule has 0 aliphatic carbocycles. The quantitative estimate of drug-likeness (QED) is 0.726. The standard InChI is InChI=1S/C14H13N5O2S/c1-19-8-7-11(18-19)13-16-17-14(21-13)15-12(20)9-22-10-5-3-2-4-6-10/h2-8H,9H2,1H3,(H,15,17,20). The van der Waals surface area contributed by atoms with Gasteiger partial charge in [0.1, 0.15) is 5.69 Å². The number of benzene rings is 1. The molecule has 3 rings (SSSR count). The van der Waals surface area contributed by atoms with Crippen LogP contribution in [0.3, 0.4) is 0 Å². The summed E-state index contributed by atoms with van der Waals surface area (Å²) in [6.45, 7) is 0.